The van der Waals surface area contributed by atoms with Crippen molar-refractivity contribution in [3.05, 3.63) is 42.2 Å². The summed E-state index contributed by atoms with van der Waals surface area (Å²) in [5, 5.41) is 3.95. The highest BCUT2D eigenvalue weighted by Crippen LogP contribution is 2.18. The molecule has 0 spiro atoms. The molecule has 5 nitrogen and oxygen atoms in total. The predicted molar refractivity (Wildman–Crippen MR) is 59.8 cm³/mol. The van der Waals surface area contributed by atoms with Gasteiger partial charge in [-0.2, -0.15) is 5.10 Å². The van der Waals surface area contributed by atoms with Gasteiger partial charge in [0.05, 0.1) is 23.9 Å². The van der Waals surface area contributed by atoms with Crippen LogP contribution in [0.25, 0.3) is 11.0 Å². The van der Waals surface area contributed by atoms with Crippen LogP contribution in [0.5, 0.6) is 0 Å². The third-order valence-corrected chi connectivity index (χ3v) is 2.78. The summed E-state index contributed by atoms with van der Waals surface area (Å²) in [5.41, 5.74) is 0.938. The minimum absolute atomic E-state index is 0.401. The first-order valence-electron chi connectivity index (χ1n) is 5.28. The number of nitrogens with zero attached hydrogens (tertiary/aromatic N) is 5. The van der Waals surface area contributed by atoms with Crippen LogP contribution in [-0.2, 0) is 13.6 Å². The molecule has 0 atom stereocenters. The van der Waals surface area contributed by atoms with Crippen molar-refractivity contribution in [3.63, 3.8) is 0 Å². The maximum atomic E-state index is 13.2. The van der Waals surface area contributed by atoms with E-state index < -0.39 is 11.6 Å². The van der Waals surface area contributed by atoms with E-state index in [0.29, 0.717) is 23.4 Å². The number of aryl methyl sites for hydroxylation is 1. The molecule has 2 heterocycles. The number of hydrogen-bond acceptors (Lipinski definition) is 3. The van der Waals surface area contributed by atoms with E-state index in [4.69, 9.17) is 0 Å². The van der Waals surface area contributed by atoms with E-state index in [9.17, 15) is 8.78 Å². The first-order valence-corrected chi connectivity index (χ1v) is 5.28. The van der Waals surface area contributed by atoms with Gasteiger partial charge in [-0.3, -0.25) is 4.68 Å². The molecular formula is C11H9F2N5. The average Bonchev–Trinajstić information content (AvgIpc) is 2.90. The van der Waals surface area contributed by atoms with Gasteiger partial charge >= 0.3 is 0 Å². The molecule has 2 aromatic heterocycles. The Kier molecular flexibility index (Phi) is 2.32. The molecule has 0 aliphatic rings. The second-order valence-corrected chi connectivity index (χ2v) is 3.93. The van der Waals surface area contributed by atoms with Gasteiger partial charge in [-0.15, -0.1) is 0 Å². The third kappa shape index (κ3) is 1.64. The minimum atomic E-state index is -0.897. The number of rotatable bonds is 2. The molecule has 18 heavy (non-hydrogen) atoms. The first-order chi connectivity index (χ1) is 8.65. The third-order valence-electron chi connectivity index (χ3n) is 2.78. The number of benzene rings is 1. The highest BCUT2D eigenvalue weighted by Gasteiger charge is 2.10. The van der Waals surface area contributed by atoms with Crippen LogP contribution in [0.3, 0.4) is 0 Å². The van der Waals surface area contributed by atoms with Gasteiger partial charge < -0.3 is 4.57 Å². The fourth-order valence-electron chi connectivity index (χ4n) is 1.80. The molecule has 0 aliphatic heterocycles. The molecule has 0 bridgehead atoms. The second kappa shape index (κ2) is 3.86. The van der Waals surface area contributed by atoms with Crippen molar-refractivity contribution < 1.29 is 8.78 Å². The molecule has 0 N–H and O–H groups in total. The van der Waals surface area contributed by atoms with Crippen molar-refractivity contribution in [2.75, 3.05) is 0 Å². The summed E-state index contributed by atoms with van der Waals surface area (Å²) < 4.78 is 29.6. The molecule has 7 heteroatoms. The number of hydrogen-bond donors (Lipinski definition) is 0. The van der Waals surface area contributed by atoms with Crippen molar-refractivity contribution in [1.82, 2.24) is 24.3 Å². The summed E-state index contributed by atoms with van der Waals surface area (Å²) in [6.45, 7) is 0.401. The standard InChI is InChI=1S/C11H9F2N5/c1-17-11(14-5-16-17)4-18-6-15-9-2-7(12)8(13)3-10(9)18/h2-3,5-6H,4H2,1H3. The lowest BCUT2D eigenvalue weighted by molar-refractivity contribution is 0.510. The molecule has 3 aromatic rings. The van der Waals surface area contributed by atoms with Gasteiger partial charge in [0.15, 0.2) is 11.6 Å². The van der Waals surface area contributed by atoms with Gasteiger partial charge in [0.1, 0.15) is 12.2 Å². The molecule has 0 fully saturated rings. The number of halogens is 2. The van der Waals surface area contributed by atoms with E-state index >= 15 is 0 Å². The van der Waals surface area contributed by atoms with Crippen LogP contribution in [0.1, 0.15) is 5.82 Å². The van der Waals surface area contributed by atoms with Crippen LogP contribution in [0, 0.1) is 11.6 Å². The maximum absolute atomic E-state index is 13.2. The predicted octanol–water partition coefficient (Wildman–Crippen LogP) is 1.49. The van der Waals surface area contributed by atoms with E-state index in [2.05, 4.69) is 15.1 Å². The summed E-state index contributed by atoms with van der Waals surface area (Å²) in [6.07, 6.45) is 2.97. The van der Waals surface area contributed by atoms with Gasteiger partial charge in [0, 0.05) is 19.2 Å². The maximum Gasteiger partial charge on any atom is 0.161 e. The Morgan fingerprint density at radius 2 is 1.94 bits per heavy atom. The van der Waals surface area contributed by atoms with E-state index in [1.165, 1.54) is 12.7 Å². The molecule has 0 aliphatic carbocycles. The first kappa shape index (κ1) is 10.8. The molecule has 1 aromatic carbocycles. The molecule has 0 radical (unpaired) electrons. The summed E-state index contributed by atoms with van der Waals surface area (Å²) in [7, 11) is 1.77. The second-order valence-electron chi connectivity index (χ2n) is 3.93. The number of imidazole rings is 1. The Morgan fingerprint density at radius 3 is 2.67 bits per heavy atom. The summed E-state index contributed by atoms with van der Waals surface area (Å²) >= 11 is 0. The molecule has 3 rings (SSSR count). The van der Waals surface area contributed by atoms with Gasteiger partial charge in [0.25, 0.3) is 0 Å². The van der Waals surface area contributed by atoms with Crippen molar-refractivity contribution >= 4 is 11.0 Å². The summed E-state index contributed by atoms with van der Waals surface area (Å²) in [4.78, 5) is 8.10. The molecule has 0 saturated heterocycles. The summed E-state index contributed by atoms with van der Waals surface area (Å²) in [6, 6.07) is 2.21. The monoisotopic (exact) mass is 249 g/mol. The Balaban J connectivity index is 2.08. The number of fused-ring (bicyclic) bond motifs is 1. The topological polar surface area (TPSA) is 48.5 Å². The number of aromatic nitrogens is 5. The van der Waals surface area contributed by atoms with Gasteiger partial charge in [0.2, 0.25) is 0 Å². The molecule has 0 saturated carbocycles. The Bertz CT molecular complexity index is 715. The lowest BCUT2D eigenvalue weighted by atomic mass is 10.3. The Hall–Kier alpha value is -2.31. The lowest BCUT2D eigenvalue weighted by Gasteiger charge is -2.03. The zero-order valence-corrected chi connectivity index (χ0v) is 9.51. The van der Waals surface area contributed by atoms with Crippen molar-refractivity contribution in [3.8, 4) is 0 Å². The lowest BCUT2D eigenvalue weighted by Crippen LogP contribution is -2.06. The van der Waals surface area contributed by atoms with Crippen LogP contribution in [0.2, 0.25) is 0 Å². The summed E-state index contributed by atoms with van der Waals surface area (Å²) in [5.74, 6) is -1.08. The largest absolute Gasteiger partial charge is 0.323 e. The molecule has 92 valence electrons. The Morgan fingerprint density at radius 1 is 1.17 bits per heavy atom. The fourth-order valence-corrected chi connectivity index (χ4v) is 1.80. The minimum Gasteiger partial charge on any atom is -0.323 e. The SMILES string of the molecule is Cn1ncnc1Cn1cnc2cc(F)c(F)cc21. The molecular weight excluding hydrogens is 240 g/mol. The van der Waals surface area contributed by atoms with Crippen molar-refractivity contribution in [2.45, 2.75) is 6.54 Å². The van der Waals surface area contributed by atoms with E-state index in [-0.39, 0.29) is 0 Å². The Labute approximate surface area is 101 Å². The van der Waals surface area contributed by atoms with Crippen LogP contribution >= 0.6 is 0 Å². The van der Waals surface area contributed by atoms with Crippen LogP contribution in [-0.4, -0.2) is 24.3 Å². The molecule has 0 unspecified atom stereocenters. The van der Waals surface area contributed by atoms with Crippen LogP contribution < -0.4 is 0 Å². The zero-order chi connectivity index (χ0) is 12.7. The van der Waals surface area contributed by atoms with E-state index in [1.54, 1.807) is 16.3 Å². The quantitative estimate of drug-likeness (QED) is 0.691. The van der Waals surface area contributed by atoms with Gasteiger partial charge in [-0.1, -0.05) is 0 Å². The highest BCUT2D eigenvalue weighted by atomic mass is 19.2. The normalized spacial score (nSPS) is 11.3. The van der Waals surface area contributed by atoms with Gasteiger partial charge in [-0.05, 0) is 0 Å². The van der Waals surface area contributed by atoms with Crippen LogP contribution in [0.15, 0.2) is 24.8 Å². The van der Waals surface area contributed by atoms with E-state index in [0.717, 1.165) is 12.1 Å². The van der Waals surface area contributed by atoms with E-state index in [1.807, 2.05) is 0 Å². The van der Waals surface area contributed by atoms with Crippen molar-refractivity contribution in [2.24, 2.45) is 7.05 Å². The molecule has 0 amide bonds. The highest BCUT2D eigenvalue weighted by molar-refractivity contribution is 5.75. The average molecular weight is 249 g/mol. The van der Waals surface area contributed by atoms with Crippen LogP contribution in [0.4, 0.5) is 8.78 Å². The zero-order valence-electron chi connectivity index (χ0n) is 9.51. The fraction of sp³-hybridized carbons (Fsp3) is 0.182. The van der Waals surface area contributed by atoms with Crippen molar-refractivity contribution in [1.29, 1.82) is 0 Å². The van der Waals surface area contributed by atoms with Gasteiger partial charge in [-0.25, -0.2) is 18.7 Å². The smallest absolute Gasteiger partial charge is 0.161 e.